The van der Waals surface area contributed by atoms with E-state index >= 15 is 0 Å². The largest absolute Gasteiger partial charge is 0.320 e. The second-order valence-corrected chi connectivity index (χ2v) is 4.89. The van der Waals surface area contributed by atoms with Crippen molar-refractivity contribution in [2.45, 2.75) is 0 Å². The molecule has 0 aliphatic carbocycles. The molecule has 0 saturated heterocycles. The molecule has 0 unspecified atom stereocenters. The van der Waals surface area contributed by atoms with Gasteiger partial charge in [-0.3, -0.25) is 0 Å². The first-order chi connectivity index (χ1) is 9.38. The van der Waals surface area contributed by atoms with Crippen LogP contribution in [0.2, 0.25) is 0 Å². The Bertz CT molecular complexity index is 729. The minimum Gasteiger partial charge on any atom is -0.320 e. The van der Waals surface area contributed by atoms with Gasteiger partial charge in [-0.25, -0.2) is 4.68 Å². The van der Waals surface area contributed by atoms with Gasteiger partial charge in [-0.05, 0) is 12.1 Å². The van der Waals surface area contributed by atoms with Gasteiger partial charge in [0.25, 0.3) is 0 Å². The number of rotatable bonds is 2. The van der Waals surface area contributed by atoms with Crippen molar-refractivity contribution >= 4 is 11.3 Å². The maximum absolute atomic E-state index is 5.45. The van der Waals surface area contributed by atoms with Crippen LogP contribution in [0.5, 0.6) is 0 Å². The number of para-hydroxylation sites is 1. The number of aromatic nitrogens is 2. The van der Waals surface area contributed by atoms with Crippen LogP contribution in [-0.2, 0) is 0 Å². The van der Waals surface area contributed by atoms with Crippen LogP contribution in [0.1, 0.15) is 0 Å². The van der Waals surface area contributed by atoms with Gasteiger partial charge in [0, 0.05) is 5.56 Å². The van der Waals surface area contributed by atoms with Gasteiger partial charge in [0.15, 0.2) is 0 Å². The van der Waals surface area contributed by atoms with Crippen LogP contribution in [0.3, 0.4) is 0 Å². The molecule has 2 aromatic carbocycles. The summed E-state index contributed by atoms with van der Waals surface area (Å²) in [5.74, 6) is 5.45. The van der Waals surface area contributed by atoms with Crippen molar-refractivity contribution in [3.05, 3.63) is 65.5 Å². The van der Waals surface area contributed by atoms with E-state index in [1.54, 1.807) is 4.68 Å². The Morgan fingerprint density at radius 1 is 0.947 bits per heavy atom. The van der Waals surface area contributed by atoms with E-state index in [1.807, 2.05) is 60.7 Å². The summed E-state index contributed by atoms with van der Waals surface area (Å²) in [7, 11) is 0. The number of hydrogen-bond donors (Lipinski definition) is 1. The van der Waals surface area contributed by atoms with Crippen molar-refractivity contribution in [2.24, 2.45) is 10.9 Å². The highest BCUT2D eigenvalue weighted by Gasteiger charge is 2.08. The summed E-state index contributed by atoms with van der Waals surface area (Å²) in [4.78, 5) is 0.671. The van der Waals surface area contributed by atoms with E-state index in [0.717, 1.165) is 16.3 Å². The molecular weight excluding hydrogens is 256 g/mol. The molecule has 0 saturated carbocycles. The molecule has 0 spiro atoms. The van der Waals surface area contributed by atoms with Crippen molar-refractivity contribution in [1.82, 2.24) is 9.78 Å². The van der Waals surface area contributed by atoms with E-state index in [9.17, 15) is 0 Å². The van der Waals surface area contributed by atoms with Gasteiger partial charge >= 0.3 is 0 Å². The molecular formula is C14H12N4S. The standard InChI is InChI=1S/C14H12N4S/c15-16-14-18(12-9-5-2-6-10-12)17-13(19-14)11-7-3-1-4-8-11/h1-10H,15H2/b16-14-. The summed E-state index contributed by atoms with van der Waals surface area (Å²) in [5, 5.41) is 9.29. The molecule has 0 aliphatic heterocycles. The van der Waals surface area contributed by atoms with Crippen molar-refractivity contribution in [1.29, 1.82) is 0 Å². The van der Waals surface area contributed by atoms with Crippen LogP contribution in [-0.4, -0.2) is 9.78 Å². The molecule has 94 valence electrons. The van der Waals surface area contributed by atoms with Crippen molar-refractivity contribution in [2.75, 3.05) is 0 Å². The Labute approximate surface area is 114 Å². The summed E-state index contributed by atoms with van der Waals surface area (Å²) in [6.07, 6.45) is 0. The molecule has 0 amide bonds. The van der Waals surface area contributed by atoms with Crippen molar-refractivity contribution in [3.8, 4) is 16.3 Å². The van der Waals surface area contributed by atoms with Crippen LogP contribution in [0.25, 0.3) is 16.3 Å². The molecule has 4 nitrogen and oxygen atoms in total. The van der Waals surface area contributed by atoms with E-state index < -0.39 is 0 Å². The normalized spacial score (nSPS) is 11.7. The first-order valence-corrected chi connectivity index (χ1v) is 6.65. The number of benzene rings is 2. The van der Waals surface area contributed by atoms with Gasteiger partial charge in [0.2, 0.25) is 4.80 Å². The Morgan fingerprint density at radius 2 is 1.58 bits per heavy atom. The summed E-state index contributed by atoms with van der Waals surface area (Å²) in [5.41, 5.74) is 2.01. The Morgan fingerprint density at radius 3 is 2.21 bits per heavy atom. The van der Waals surface area contributed by atoms with Crippen molar-refractivity contribution in [3.63, 3.8) is 0 Å². The van der Waals surface area contributed by atoms with Gasteiger partial charge in [-0.15, -0.1) is 0 Å². The third-order valence-electron chi connectivity index (χ3n) is 2.69. The zero-order chi connectivity index (χ0) is 13.1. The van der Waals surface area contributed by atoms with E-state index in [2.05, 4.69) is 10.2 Å². The number of nitrogens with two attached hydrogens (primary N) is 1. The molecule has 3 aromatic rings. The number of hydrogen-bond acceptors (Lipinski definition) is 4. The van der Waals surface area contributed by atoms with Gasteiger partial charge in [0.1, 0.15) is 5.01 Å². The van der Waals surface area contributed by atoms with Crippen LogP contribution in [0.15, 0.2) is 65.8 Å². The SMILES string of the molecule is N/N=c1\sc(-c2ccccc2)nn1-c1ccccc1. The van der Waals surface area contributed by atoms with Gasteiger partial charge < -0.3 is 5.84 Å². The van der Waals surface area contributed by atoms with E-state index in [-0.39, 0.29) is 0 Å². The molecule has 0 fully saturated rings. The van der Waals surface area contributed by atoms with E-state index in [4.69, 9.17) is 5.84 Å². The second-order valence-electron chi connectivity index (χ2n) is 3.93. The van der Waals surface area contributed by atoms with E-state index in [0.29, 0.717) is 4.80 Å². The highest BCUT2D eigenvalue weighted by molar-refractivity contribution is 7.12. The lowest BCUT2D eigenvalue weighted by Crippen LogP contribution is -2.15. The minimum absolute atomic E-state index is 0.671. The molecule has 0 aliphatic rings. The molecule has 19 heavy (non-hydrogen) atoms. The predicted molar refractivity (Wildman–Crippen MR) is 76.6 cm³/mol. The summed E-state index contributed by atoms with van der Waals surface area (Å²) in [6.45, 7) is 0. The van der Waals surface area contributed by atoms with Crippen LogP contribution in [0, 0.1) is 0 Å². The smallest absolute Gasteiger partial charge is 0.230 e. The quantitative estimate of drug-likeness (QED) is 0.573. The third kappa shape index (κ3) is 2.28. The van der Waals surface area contributed by atoms with E-state index in [1.165, 1.54) is 11.3 Å². The Kier molecular flexibility index (Phi) is 3.12. The van der Waals surface area contributed by atoms with Gasteiger partial charge in [-0.2, -0.15) is 10.2 Å². The van der Waals surface area contributed by atoms with Crippen LogP contribution < -0.4 is 10.6 Å². The summed E-state index contributed by atoms with van der Waals surface area (Å²) in [6, 6.07) is 19.8. The highest BCUT2D eigenvalue weighted by atomic mass is 32.1. The first kappa shape index (κ1) is 11.7. The molecule has 0 atom stereocenters. The molecule has 0 bridgehead atoms. The highest BCUT2D eigenvalue weighted by Crippen LogP contribution is 2.19. The van der Waals surface area contributed by atoms with Crippen LogP contribution >= 0.6 is 11.3 Å². The fraction of sp³-hybridized carbons (Fsp3) is 0. The number of nitrogens with zero attached hydrogens (tertiary/aromatic N) is 3. The maximum Gasteiger partial charge on any atom is 0.230 e. The topological polar surface area (TPSA) is 56.2 Å². The zero-order valence-corrected chi connectivity index (χ0v) is 10.9. The fourth-order valence-electron chi connectivity index (χ4n) is 1.80. The molecule has 1 heterocycles. The Hall–Kier alpha value is -2.40. The van der Waals surface area contributed by atoms with Gasteiger partial charge in [-0.1, -0.05) is 59.9 Å². The second kappa shape index (κ2) is 5.07. The fourth-order valence-corrected chi connectivity index (χ4v) is 2.63. The first-order valence-electron chi connectivity index (χ1n) is 5.83. The van der Waals surface area contributed by atoms with Gasteiger partial charge in [0.05, 0.1) is 5.69 Å². The molecule has 1 aromatic heterocycles. The lowest BCUT2D eigenvalue weighted by atomic mass is 10.2. The summed E-state index contributed by atoms with van der Waals surface area (Å²) < 4.78 is 1.76. The summed E-state index contributed by atoms with van der Waals surface area (Å²) >= 11 is 1.47. The molecule has 5 heteroatoms. The lowest BCUT2D eigenvalue weighted by molar-refractivity contribution is 0.823. The van der Waals surface area contributed by atoms with Crippen LogP contribution in [0.4, 0.5) is 0 Å². The van der Waals surface area contributed by atoms with Crippen molar-refractivity contribution < 1.29 is 0 Å². The monoisotopic (exact) mass is 268 g/mol. The lowest BCUT2D eigenvalue weighted by Gasteiger charge is -1.99. The molecule has 3 rings (SSSR count). The zero-order valence-electron chi connectivity index (χ0n) is 10.1. The minimum atomic E-state index is 0.671. The third-order valence-corrected chi connectivity index (χ3v) is 3.66. The average molecular weight is 268 g/mol. The Balaban J connectivity index is 2.15. The maximum atomic E-state index is 5.45. The average Bonchev–Trinajstić information content (AvgIpc) is 2.93. The predicted octanol–water partition coefficient (Wildman–Crippen LogP) is 2.38. The molecule has 0 radical (unpaired) electrons. The molecule has 2 N–H and O–H groups in total.